The molecule has 186 valence electrons. The Kier molecular flexibility index (Phi) is 8.42. The van der Waals surface area contributed by atoms with Gasteiger partial charge in [-0.25, -0.2) is 13.2 Å². The van der Waals surface area contributed by atoms with Gasteiger partial charge in [0.05, 0.1) is 11.5 Å². The molecule has 2 aromatic carbocycles. The summed E-state index contributed by atoms with van der Waals surface area (Å²) in [6.45, 7) is 7.62. The van der Waals surface area contributed by atoms with Crippen LogP contribution in [0.1, 0.15) is 52.1 Å². The molecule has 0 fully saturated rings. The van der Waals surface area contributed by atoms with Crippen LogP contribution in [-0.4, -0.2) is 41.8 Å². The zero-order chi connectivity index (χ0) is 25.8. The van der Waals surface area contributed by atoms with Crippen LogP contribution in [0, 0.1) is 6.92 Å². The first kappa shape index (κ1) is 26.5. The van der Waals surface area contributed by atoms with Crippen molar-refractivity contribution < 1.29 is 22.7 Å². The molecule has 0 radical (unpaired) electrons. The Labute approximate surface area is 209 Å². The number of hydrogen-bond acceptors (Lipinski definition) is 6. The van der Waals surface area contributed by atoms with Gasteiger partial charge in [0.25, 0.3) is 5.91 Å². The summed E-state index contributed by atoms with van der Waals surface area (Å²) < 4.78 is 34.8. The Morgan fingerprint density at radius 1 is 1.09 bits per heavy atom. The predicted octanol–water partition coefficient (Wildman–Crippen LogP) is 3.91. The van der Waals surface area contributed by atoms with Crippen LogP contribution in [0.2, 0.25) is 0 Å². The fourth-order valence-corrected chi connectivity index (χ4v) is 6.01. The van der Waals surface area contributed by atoms with Crippen molar-refractivity contribution >= 4 is 33.2 Å². The average Bonchev–Trinajstić information content (AvgIpc) is 3.11. The number of thiazole rings is 1. The Balaban J connectivity index is 1.87. The van der Waals surface area contributed by atoms with Gasteiger partial charge in [0.2, 0.25) is 10.0 Å². The molecule has 1 aromatic heterocycles. The zero-order valence-corrected chi connectivity index (χ0v) is 22.0. The lowest BCUT2D eigenvalue weighted by atomic mass is 10.2. The van der Waals surface area contributed by atoms with Crippen molar-refractivity contribution in [3.05, 3.63) is 81.1 Å². The van der Waals surface area contributed by atoms with Gasteiger partial charge in [-0.2, -0.15) is 9.30 Å². The smallest absolute Gasteiger partial charge is 0.350 e. The van der Waals surface area contributed by atoms with Crippen molar-refractivity contribution in [2.45, 2.75) is 45.2 Å². The fourth-order valence-electron chi connectivity index (χ4n) is 3.38. The highest BCUT2D eigenvalue weighted by atomic mass is 32.2. The summed E-state index contributed by atoms with van der Waals surface area (Å²) in [6.07, 6.45) is 0. The van der Waals surface area contributed by atoms with Crippen LogP contribution in [0.15, 0.2) is 64.5 Å². The van der Waals surface area contributed by atoms with Gasteiger partial charge < -0.3 is 9.30 Å². The molecule has 0 aliphatic rings. The van der Waals surface area contributed by atoms with E-state index in [2.05, 4.69) is 4.99 Å². The average molecular weight is 516 g/mol. The second-order valence-electron chi connectivity index (χ2n) is 8.15. The molecule has 0 unspecified atom stereocenters. The van der Waals surface area contributed by atoms with Gasteiger partial charge in [-0.1, -0.05) is 41.7 Å². The molecule has 10 heteroatoms. The Morgan fingerprint density at radius 3 is 2.29 bits per heavy atom. The van der Waals surface area contributed by atoms with Crippen molar-refractivity contribution in [2.24, 2.45) is 12.0 Å². The lowest BCUT2D eigenvalue weighted by Gasteiger charge is -2.26. The fraction of sp³-hybridized carbons (Fsp3) is 0.320. The van der Waals surface area contributed by atoms with Crippen LogP contribution in [-0.2, 0) is 28.4 Å². The van der Waals surface area contributed by atoms with Crippen molar-refractivity contribution in [1.82, 2.24) is 8.87 Å². The molecule has 0 N–H and O–H groups in total. The highest BCUT2D eigenvalue weighted by Crippen LogP contribution is 2.22. The largest absolute Gasteiger partial charge is 0.462 e. The van der Waals surface area contributed by atoms with Crippen LogP contribution in [0.25, 0.3) is 0 Å². The minimum absolute atomic E-state index is 0.0980. The molecule has 0 aliphatic carbocycles. The highest BCUT2D eigenvalue weighted by Gasteiger charge is 2.27. The number of nitrogens with zero attached hydrogens (tertiary/aromatic N) is 3. The maximum Gasteiger partial charge on any atom is 0.350 e. The Hall–Kier alpha value is -3.08. The molecule has 0 atom stereocenters. The minimum atomic E-state index is -3.79. The van der Waals surface area contributed by atoms with E-state index in [9.17, 15) is 18.0 Å². The number of benzene rings is 2. The van der Waals surface area contributed by atoms with E-state index in [1.54, 1.807) is 25.5 Å². The third kappa shape index (κ3) is 5.95. The van der Waals surface area contributed by atoms with E-state index >= 15 is 0 Å². The summed E-state index contributed by atoms with van der Waals surface area (Å²) in [4.78, 5) is 29.9. The standard InChI is InChI=1S/C25H29N3O5S2/c1-6-33-24(30)22-18(4)27(5)25(34-22)26-23(29)20-12-14-21(15-13-20)35(31,32)28(17(2)3)16-19-10-8-7-9-11-19/h7-15,17H,6,16H2,1-5H3. The highest BCUT2D eigenvalue weighted by molar-refractivity contribution is 7.89. The van der Waals surface area contributed by atoms with Crippen LogP contribution in [0.5, 0.6) is 0 Å². The molecule has 1 heterocycles. The van der Waals surface area contributed by atoms with Gasteiger partial charge in [-0.3, -0.25) is 4.79 Å². The number of esters is 1. The number of aromatic nitrogens is 1. The molecule has 0 saturated heterocycles. The molecule has 0 spiro atoms. The van der Waals surface area contributed by atoms with E-state index in [4.69, 9.17) is 4.74 Å². The first-order chi connectivity index (χ1) is 16.6. The van der Waals surface area contributed by atoms with Gasteiger partial charge in [0, 0.05) is 30.9 Å². The molecule has 0 aliphatic heterocycles. The van der Waals surface area contributed by atoms with Crippen molar-refractivity contribution in [1.29, 1.82) is 0 Å². The second kappa shape index (κ2) is 11.1. The number of rotatable bonds is 8. The number of amides is 1. The third-order valence-electron chi connectivity index (χ3n) is 5.44. The van der Waals surface area contributed by atoms with Gasteiger partial charge >= 0.3 is 5.97 Å². The monoisotopic (exact) mass is 515 g/mol. The number of sulfonamides is 1. The predicted molar refractivity (Wildman–Crippen MR) is 135 cm³/mol. The molecular formula is C25H29N3O5S2. The number of ether oxygens (including phenoxy) is 1. The minimum Gasteiger partial charge on any atom is -0.462 e. The number of carbonyl (C=O) groups excluding carboxylic acids is 2. The summed E-state index contributed by atoms with van der Waals surface area (Å²) in [5.41, 5.74) is 1.78. The van der Waals surface area contributed by atoms with Crippen LogP contribution in [0.3, 0.4) is 0 Å². The molecule has 35 heavy (non-hydrogen) atoms. The Morgan fingerprint density at radius 2 is 1.71 bits per heavy atom. The first-order valence-electron chi connectivity index (χ1n) is 11.1. The van der Waals surface area contributed by atoms with E-state index in [0.29, 0.717) is 15.4 Å². The lowest BCUT2D eigenvalue weighted by molar-refractivity contribution is 0.0530. The number of carbonyl (C=O) groups is 2. The maximum absolute atomic E-state index is 13.3. The second-order valence-corrected chi connectivity index (χ2v) is 11.0. The lowest BCUT2D eigenvalue weighted by Crippen LogP contribution is -2.36. The molecule has 3 rings (SSSR count). The normalized spacial score (nSPS) is 12.4. The van der Waals surface area contributed by atoms with Gasteiger partial charge in [-0.05, 0) is 57.5 Å². The molecular weight excluding hydrogens is 486 g/mol. The van der Waals surface area contributed by atoms with Crippen LogP contribution in [0.4, 0.5) is 0 Å². The van der Waals surface area contributed by atoms with Gasteiger partial charge in [-0.15, -0.1) is 0 Å². The first-order valence-corrected chi connectivity index (χ1v) is 13.4. The zero-order valence-electron chi connectivity index (χ0n) is 20.4. The third-order valence-corrected chi connectivity index (χ3v) is 8.69. The summed E-state index contributed by atoms with van der Waals surface area (Å²) >= 11 is 1.07. The van der Waals surface area contributed by atoms with Gasteiger partial charge in [0.15, 0.2) is 4.80 Å². The van der Waals surface area contributed by atoms with E-state index < -0.39 is 21.9 Å². The molecule has 3 aromatic rings. The SMILES string of the molecule is CCOC(=O)c1sc(=NC(=O)c2ccc(S(=O)(=O)N(Cc3ccccc3)C(C)C)cc2)n(C)c1C. The van der Waals surface area contributed by atoms with E-state index in [-0.39, 0.29) is 29.7 Å². The van der Waals surface area contributed by atoms with Gasteiger partial charge in [0.1, 0.15) is 4.88 Å². The van der Waals surface area contributed by atoms with Crippen molar-refractivity contribution in [2.75, 3.05) is 6.61 Å². The quantitative estimate of drug-likeness (QED) is 0.424. The number of hydrogen-bond donors (Lipinski definition) is 0. The molecule has 1 amide bonds. The van der Waals surface area contributed by atoms with E-state index in [1.807, 2.05) is 44.2 Å². The van der Waals surface area contributed by atoms with Crippen LogP contribution < -0.4 is 4.80 Å². The summed E-state index contributed by atoms with van der Waals surface area (Å²) in [7, 11) is -2.07. The molecule has 0 bridgehead atoms. The summed E-state index contributed by atoms with van der Waals surface area (Å²) in [5.74, 6) is -0.995. The van der Waals surface area contributed by atoms with Crippen LogP contribution >= 0.6 is 11.3 Å². The van der Waals surface area contributed by atoms with Crippen molar-refractivity contribution in [3.63, 3.8) is 0 Å². The summed E-state index contributed by atoms with van der Waals surface area (Å²) in [6, 6.07) is 14.9. The van der Waals surface area contributed by atoms with E-state index in [0.717, 1.165) is 16.9 Å². The topological polar surface area (TPSA) is 98.0 Å². The molecule has 0 saturated carbocycles. The molecule has 8 nitrogen and oxygen atoms in total. The Bertz CT molecular complexity index is 1370. The van der Waals surface area contributed by atoms with E-state index in [1.165, 1.54) is 28.6 Å². The maximum atomic E-state index is 13.3. The summed E-state index contributed by atoms with van der Waals surface area (Å²) in [5, 5.41) is 0. The van der Waals surface area contributed by atoms with Crippen molar-refractivity contribution in [3.8, 4) is 0 Å².